The smallest absolute Gasteiger partial charge is 0.261 e. The summed E-state index contributed by atoms with van der Waals surface area (Å²) in [6.45, 7) is 4.66. The molecule has 3 aromatic rings. The third-order valence-corrected chi connectivity index (χ3v) is 8.76. The summed E-state index contributed by atoms with van der Waals surface area (Å²) < 4.78 is 3.79. The summed E-state index contributed by atoms with van der Waals surface area (Å²) in [5.41, 5.74) is 0. The zero-order valence-electron chi connectivity index (χ0n) is 16.3. The van der Waals surface area contributed by atoms with Crippen LogP contribution in [-0.2, 0) is 0 Å². The van der Waals surface area contributed by atoms with E-state index in [2.05, 4.69) is 52.5 Å². The van der Waals surface area contributed by atoms with E-state index in [9.17, 15) is 4.79 Å². The molecule has 2 saturated heterocycles. The van der Waals surface area contributed by atoms with Gasteiger partial charge in [0, 0.05) is 40.0 Å². The molecular weight excluding hydrogens is 386 g/mol. The Balaban J connectivity index is 1.20. The van der Waals surface area contributed by atoms with Crippen molar-refractivity contribution in [1.29, 1.82) is 0 Å². The molecule has 2 aliphatic rings. The number of rotatable bonds is 3. The highest BCUT2D eigenvalue weighted by Gasteiger charge is 2.28. The number of nitrogens with zero attached hydrogens (tertiary/aromatic N) is 2. The lowest BCUT2D eigenvalue weighted by Crippen LogP contribution is -2.50. The number of carbonyl (C=O) groups is 1. The lowest BCUT2D eigenvalue weighted by molar-refractivity contribution is 0.0810. The molecule has 4 heterocycles. The molecule has 1 N–H and O–H groups in total. The van der Waals surface area contributed by atoms with Gasteiger partial charge in [-0.2, -0.15) is 0 Å². The molecule has 28 heavy (non-hydrogen) atoms. The van der Waals surface area contributed by atoms with Crippen LogP contribution in [0.3, 0.4) is 0 Å². The van der Waals surface area contributed by atoms with Gasteiger partial charge in [-0.05, 0) is 58.0 Å². The maximum Gasteiger partial charge on any atom is 0.261 e. The van der Waals surface area contributed by atoms with E-state index < -0.39 is 0 Å². The van der Waals surface area contributed by atoms with Crippen LogP contribution in [-0.4, -0.2) is 61.0 Å². The Labute approximate surface area is 174 Å². The van der Waals surface area contributed by atoms with Crippen molar-refractivity contribution in [2.75, 3.05) is 33.2 Å². The predicted octanol–water partition coefficient (Wildman–Crippen LogP) is 4.40. The molecule has 5 rings (SSSR count). The number of fused-ring (bicyclic) bond motifs is 3. The molecule has 0 atom stereocenters. The molecule has 6 heteroatoms. The van der Waals surface area contributed by atoms with Gasteiger partial charge in [0.05, 0.1) is 9.58 Å². The molecule has 148 valence electrons. The number of benzene rings is 1. The van der Waals surface area contributed by atoms with Crippen LogP contribution < -0.4 is 5.32 Å². The lowest BCUT2D eigenvalue weighted by Gasteiger charge is -2.41. The fourth-order valence-electron chi connectivity index (χ4n) is 4.64. The maximum atomic E-state index is 12.8. The molecule has 2 aromatic heterocycles. The third-order valence-electron chi connectivity index (χ3n) is 6.34. The maximum absolute atomic E-state index is 12.8. The van der Waals surface area contributed by atoms with Crippen molar-refractivity contribution in [3.63, 3.8) is 0 Å². The van der Waals surface area contributed by atoms with Crippen LogP contribution in [0.5, 0.6) is 0 Å². The first-order valence-corrected chi connectivity index (χ1v) is 12.0. The average molecular weight is 414 g/mol. The molecule has 0 spiro atoms. The second-order valence-electron chi connectivity index (χ2n) is 8.22. The Morgan fingerprint density at radius 2 is 1.75 bits per heavy atom. The van der Waals surface area contributed by atoms with Crippen LogP contribution in [0.2, 0.25) is 0 Å². The summed E-state index contributed by atoms with van der Waals surface area (Å²) in [4.78, 5) is 18.8. The summed E-state index contributed by atoms with van der Waals surface area (Å²) in [5, 5.41) is 4.58. The number of likely N-dealkylation sites (tertiary alicyclic amines) is 2. The molecular formula is C22H27N3OS2. The third kappa shape index (κ3) is 3.59. The van der Waals surface area contributed by atoms with Crippen molar-refractivity contribution in [3.8, 4) is 0 Å². The Hall–Kier alpha value is -1.47. The van der Waals surface area contributed by atoms with Crippen LogP contribution in [0.15, 0.2) is 30.3 Å². The van der Waals surface area contributed by atoms with Gasteiger partial charge in [0.1, 0.15) is 0 Å². The molecule has 0 unspecified atom stereocenters. The van der Waals surface area contributed by atoms with Crippen LogP contribution >= 0.6 is 22.7 Å². The van der Waals surface area contributed by atoms with Gasteiger partial charge in [-0.15, -0.1) is 22.7 Å². The van der Waals surface area contributed by atoms with Crippen molar-refractivity contribution in [1.82, 2.24) is 15.1 Å². The molecule has 4 nitrogen and oxygen atoms in total. The number of hydrogen-bond acceptors (Lipinski definition) is 5. The molecule has 1 amide bonds. The van der Waals surface area contributed by atoms with Gasteiger partial charge < -0.3 is 15.1 Å². The van der Waals surface area contributed by atoms with Gasteiger partial charge in [0.2, 0.25) is 0 Å². The van der Waals surface area contributed by atoms with E-state index in [1.807, 2.05) is 0 Å². The van der Waals surface area contributed by atoms with Gasteiger partial charge in [-0.3, -0.25) is 4.79 Å². The summed E-state index contributed by atoms with van der Waals surface area (Å²) in [5.74, 6) is 0.107. The second-order valence-corrected chi connectivity index (χ2v) is 10.4. The van der Waals surface area contributed by atoms with E-state index in [0.29, 0.717) is 6.04 Å². The standard InChI is InChI=1S/C22H27N3OS2/c1-24-10-8-16(9-11-24)25-12-6-15(7-13-25)23-22(26)20-14-19-21(28-20)17-4-2-3-5-18(17)27-19/h2-5,14-16H,6-13H2,1H3,(H,23,26). The van der Waals surface area contributed by atoms with Crippen molar-refractivity contribution in [2.45, 2.75) is 37.8 Å². The highest BCUT2D eigenvalue weighted by molar-refractivity contribution is 7.33. The molecule has 1 aromatic carbocycles. The van der Waals surface area contributed by atoms with E-state index in [4.69, 9.17) is 0 Å². The van der Waals surface area contributed by atoms with Gasteiger partial charge in [-0.25, -0.2) is 0 Å². The fraction of sp³-hybridized carbons (Fsp3) is 0.500. The zero-order valence-corrected chi connectivity index (χ0v) is 18.0. The minimum absolute atomic E-state index is 0.107. The number of nitrogens with one attached hydrogen (secondary N) is 1. The van der Waals surface area contributed by atoms with E-state index in [1.165, 1.54) is 45.4 Å². The van der Waals surface area contributed by atoms with Crippen LogP contribution in [0.1, 0.15) is 35.4 Å². The quantitative estimate of drug-likeness (QED) is 0.691. The van der Waals surface area contributed by atoms with Crippen molar-refractivity contribution < 1.29 is 4.79 Å². The topological polar surface area (TPSA) is 35.6 Å². The molecule has 2 fully saturated rings. The summed E-state index contributed by atoms with van der Waals surface area (Å²) >= 11 is 3.42. The Morgan fingerprint density at radius 3 is 2.54 bits per heavy atom. The lowest BCUT2D eigenvalue weighted by atomic mass is 9.98. The van der Waals surface area contributed by atoms with E-state index in [0.717, 1.165) is 36.9 Å². The van der Waals surface area contributed by atoms with Crippen molar-refractivity contribution in [3.05, 3.63) is 35.2 Å². The van der Waals surface area contributed by atoms with Crippen LogP contribution in [0.4, 0.5) is 0 Å². The number of hydrogen-bond donors (Lipinski definition) is 1. The Kier molecular flexibility index (Phi) is 5.13. The normalized spacial score (nSPS) is 20.9. The minimum Gasteiger partial charge on any atom is -0.349 e. The fourth-order valence-corrected chi connectivity index (χ4v) is 7.07. The van der Waals surface area contributed by atoms with Gasteiger partial charge in [-0.1, -0.05) is 18.2 Å². The summed E-state index contributed by atoms with van der Waals surface area (Å²) in [6.07, 6.45) is 4.71. The predicted molar refractivity (Wildman–Crippen MR) is 120 cm³/mol. The van der Waals surface area contributed by atoms with Crippen LogP contribution in [0, 0.1) is 0 Å². The Bertz CT molecular complexity index is 978. The van der Waals surface area contributed by atoms with E-state index in [-0.39, 0.29) is 5.91 Å². The molecule has 0 radical (unpaired) electrons. The molecule has 0 bridgehead atoms. The first-order chi connectivity index (χ1) is 13.7. The number of piperidine rings is 2. The monoisotopic (exact) mass is 413 g/mol. The van der Waals surface area contributed by atoms with Gasteiger partial charge >= 0.3 is 0 Å². The highest BCUT2D eigenvalue weighted by Crippen LogP contribution is 2.39. The minimum atomic E-state index is 0.107. The summed E-state index contributed by atoms with van der Waals surface area (Å²) in [6, 6.07) is 11.6. The molecule has 0 saturated carbocycles. The number of amides is 1. The number of carbonyl (C=O) groups excluding carboxylic acids is 1. The van der Waals surface area contributed by atoms with Gasteiger partial charge in [0.25, 0.3) is 5.91 Å². The summed E-state index contributed by atoms with van der Waals surface area (Å²) in [7, 11) is 2.22. The first-order valence-electron chi connectivity index (χ1n) is 10.3. The average Bonchev–Trinajstić information content (AvgIpc) is 3.27. The molecule has 2 aliphatic heterocycles. The van der Waals surface area contributed by atoms with E-state index >= 15 is 0 Å². The number of thiophene rings is 2. The Morgan fingerprint density at radius 1 is 1.00 bits per heavy atom. The molecule has 0 aliphatic carbocycles. The highest BCUT2D eigenvalue weighted by atomic mass is 32.1. The SMILES string of the molecule is CN1CCC(N2CCC(NC(=O)c3cc4sc5ccccc5c4s3)CC2)CC1. The van der Waals surface area contributed by atoms with Crippen molar-refractivity contribution >= 4 is 48.1 Å². The van der Waals surface area contributed by atoms with E-state index in [1.54, 1.807) is 22.7 Å². The first kappa shape index (κ1) is 18.6. The largest absolute Gasteiger partial charge is 0.349 e. The van der Waals surface area contributed by atoms with Gasteiger partial charge in [0.15, 0.2) is 0 Å². The van der Waals surface area contributed by atoms with Crippen LogP contribution in [0.25, 0.3) is 19.5 Å². The van der Waals surface area contributed by atoms with Crippen molar-refractivity contribution in [2.24, 2.45) is 0 Å². The zero-order chi connectivity index (χ0) is 19.1. The second kappa shape index (κ2) is 7.75.